The van der Waals surface area contributed by atoms with Gasteiger partial charge in [-0.25, -0.2) is 13.1 Å². The molecule has 1 aliphatic rings. The second-order valence-electron chi connectivity index (χ2n) is 5.42. The van der Waals surface area contributed by atoms with Crippen molar-refractivity contribution in [2.24, 2.45) is 0 Å². The number of nitrogens with zero attached hydrogens (tertiary/aromatic N) is 1. The molecule has 0 spiro atoms. The number of nitrogens with one attached hydrogen (secondary N) is 1. The number of likely N-dealkylation sites (tertiary alicyclic amines) is 1. The Balaban J connectivity index is 1.99. The molecule has 1 fully saturated rings. The van der Waals surface area contributed by atoms with Gasteiger partial charge in [0.05, 0.1) is 11.4 Å². The summed E-state index contributed by atoms with van der Waals surface area (Å²) in [6.45, 7) is 2.55. The number of hydrogen-bond acceptors (Lipinski definition) is 3. The standard InChI is InChI=1S/C15H21ClN2O3S/c1-2-13-5-3-4-10-18(13)15(19)11-17-22(20,21)14-8-6-12(16)7-9-14/h6-9,13,17H,2-5,10-11H2,1H3. The van der Waals surface area contributed by atoms with Gasteiger partial charge < -0.3 is 4.90 Å². The van der Waals surface area contributed by atoms with E-state index in [0.29, 0.717) is 11.6 Å². The first kappa shape index (κ1) is 17.2. The Morgan fingerprint density at radius 2 is 2.00 bits per heavy atom. The Morgan fingerprint density at radius 3 is 2.64 bits per heavy atom. The molecule has 0 bridgehead atoms. The average Bonchev–Trinajstić information content (AvgIpc) is 2.53. The highest BCUT2D eigenvalue weighted by Crippen LogP contribution is 2.19. The molecule has 1 N–H and O–H groups in total. The van der Waals surface area contributed by atoms with Crippen LogP contribution in [0.15, 0.2) is 29.2 Å². The Labute approximate surface area is 136 Å². The second-order valence-corrected chi connectivity index (χ2v) is 7.63. The normalized spacial score (nSPS) is 19.2. The van der Waals surface area contributed by atoms with Crippen molar-refractivity contribution in [1.82, 2.24) is 9.62 Å². The molecule has 1 aromatic rings. The van der Waals surface area contributed by atoms with Crippen LogP contribution in [-0.2, 0) is 14.8 Å². The van der Waals surface area contributed by atoms with E-state index in [1.165, 1.54) is 24.3 Å². The number of sulfonamides is 1. The van der Waals surface area contributed by atoms with Gasteiger partial charge in [0, 0.05) is 17.6 Å². The Hall–Kier alpha value is -1.11. The molecule has 2 rings (SSSR count). The summed E-state index contributed by atoms with van der Waals surface area (Å²) in [7, 11) is -3.69. The topological polar surface area (TPSA) is 66.5 Å². The van der Waals surface area contributed by atoms with Crippen molar-refractivity contribution in [1.29, 1.82) is 0 Å². The van der Waals surface area contributed by atoms with Crippen molar-refractivity contribution in [3.8, 4) is 0 Å². The number of halogens is 1. The third kappa shape index (κ3) is 4.21. The summed E-state index contributed by atoms with van der Waals surface area (Å²) in [6, 6.07) is 6.09. The van der Waals surface area contributed by atoms with E-state index in [1.54, 1.807) is 4.90 Å². The lowest BCUT2D eigenvalue weighted by Gasteiger charge is -2.35. The lowest BCUT2D eigenvalue weighted by Crippen LogP contribution is -2.47. The van der Waals surface area contributed by atoms with Gasteiger partial charge in [-0.3, -0.25) is 4.79 Å². The number of hydrogen-bond donors (Lipinski definition) is 1. The van der Waals surface area contributed by atoms with E-state index in [9.17, 15) is 13.2 Å². The first-order chi connectivity index (χ1) is 10.4. The summed E-state index contributed by atoms with van der Waals surface area (Å²) in [5.41, 5.74) is 0. The van der Waals surface area contributed by atoms with Crippen molar-refractivity contribution in [3.63, 3.8) is 0 Å². The third-order valence-corrected chi connectivity index (χ3v) is 5.63. The molecular formula is C15H21ClN2O3S. The summed E-state index contributed by atoms with van der Waals surface area (Å²) in [5.74, 6) is -0.163. The molecule has 1 aliphatic heterocycles. The van der Waals surface area contributed by atoms with E-state index in [1.807, 2.05) is 6.92 Å². The highest BCUT2D eigenvalue weighted by molar-refractivity contribution is 7.89. The molecule has 0 aromatic heterocycles. The van der Waals surface area contributed by atoms with Gasteiger partial charge in [0.2, 0.25) is 15.9 Å². The van der Waals surface area contributed by atoms with Crippen LogP contribution >= 0.6 is 11.6 Å². The van der Waals surface area contributed by atoms with E-state index in [2.05, 4.69) is 4.72 Å². The number of carbonyl (C=O) groups is 1. The summed E-state index contributed by atoms with van der Waals surface area (Å²) in [6.07, 6.45) is 3.99. The second kappa shape index (κ2) is 7.44. The first-order valence-corrected chi connectivity index (χ1v) is 9.35. The maximum atomic E-state index is 12.3. The van der Waals surface area contributed by atoms with Gasteiger partial charge in [-0.15, -0.1) is 0 Å². The van der Waals surface area contributed by atoms with Gasteiger partial charge in [0.15, 0.2) is 0 Å². The van der Waals surface area contributed by atoms with Crippen LogP contribution in [0.5, 0.6) is 0 Å². The van der Waals surface area contributed by atoms with E-state index < -0.39 is 10.0 Å². The fraction of sp³-hybridized carbons (Fsp3) is 0.533. The molecule has 1 heterocycles. The number of piperidine rings is 1. The van der Waals surface area contributed by atoms with Gasteiger partial charge in [-0.05, 0) is 49.9 Å². The lowest BCUT2D eigenvalue weighted by atomic mass is 10.00. The van der Waals surface area contributed by atoms with Crippen molar-refractivity contribution in [2.45, 2.75) is 43.5 Å². The van der Waals surface area contributed by atoms with Crippen molar-refractivity contribution in [3.05, 3.63) is 29.3 Å². The zero-order valence-corrected chi connectivity index (χ0v) is 14.2. The molecule has 22 heavy (non-hydrogen) atoms. The van der Waals surface area contributed by atoms with Crippen molar-refractivity contribution >= 4 is 27.5 Å². The minimum Gasteiger partial charge on any atom is -0.339 e. The molecule has 122 valence electrons. The lowest BCUT2D eigenvalue weighted by molar-refractivity contribution is -0.133. The van der Waals surface area contributed by atoms with Gasteiger partial charge in [0.1, 0.15) is 0 Å². The van der Waals surface area contributed by atoms with Crippen molar-refractivity contribution in [2.75, 3.05) is 13.1 Å². The van der Waals surface area contributed by atoms with Crippen LogP contribution in [-0.4, -0.2) is 38.4 Å². The molecule has 1 unspecified atom stereocenters. The quantitative estimate of drug-likeness (QED) is 0.892. The average molecular weight is 345 g/mol. The molecule has 1 aromatic carbocycles. The largest absolute Gasteiger partial charge is 0.339 e. The van der Waals surface area contributed by atoms with E-state index >= 15 is 0 Å². The zero-order valence-electron chi connectivity index (χ0n) is 12.6. The van der Waals surface area contributed by atoms with Crippen LogP contribution in [0.2, 0.25) is 5.02 Å². The van der Waals surface area contributed by atoms with Crippen LogP contribution in [0, 0.1) is 0 Å². The molecule has 5 nitrogen and oxygen atoms in total. The Morgan fingerprint density at radius 1 is 1.32 bits per heavy atom. The van der Waals surface area contributed by atoms with Crippen LogP contribution < -0.4 is 4.72 Å². The molecule has 7 heteroatoms. The minimum absolute atomic E-state index is 0.107. The Bertz CT molecular complexity index is 616. The number of carbonyl (C=O) groups excluding carboxylic acids is 1. The molecule has 0 radical (unpaired) electrons. The van der Waals surface area contributed by atoms with Crippen LogP contribution in [0.25, 0.3) is 0 Å². The van der Waals surface area contributed by atoms with Crippen LogP contribution in [0.4, 0.5) is 0 Å². The van der Waals surface area contributed by atoms with Crippen LogP contribution in [0.1, 0.15) is 32.6 Å². The monoisotopic (exact) mass is 344 g/mol. The summed E-state index contributed by atoms with van der Waals surface area (Å²) in [5, 5.41) is 0.467. The van der Waals surface area contributed by atoms with Gasteiger partial charge in [0.25, 0.3) is 0 Å². The first-order valence-electron chi connectivity index (χ1n) is 7.48. The Kier molecular flexibility index (Phi) is 5.83. The summed E-state index contributed by atoms with van der Waals surface area (Å²) >= 11 is 5.75. The molecule has 1 atom stereocenters. The summed E-state index contributed by atoms with van der Waals surface area (Å²) in [4.78, 5) is 14.2. The maximum absolute atomic E-state index is 12.3. The summed E-state index contributed by atoms with van der Waals surface area (Å²) < 4.78 is 26.7. The van der Waals surface area contributed by atoms with Gasteiger partial charge in [-0.1, -0.05) is 18.5 Å². The molecule has 0 saturated carbocycles. The molecule has 1 amide bonds. The highest BCUT2D eigenvalue weighted by atomic mass is 35.5. The molecule has 1 saturated heterocycles. The fourth-order valence-electron chi connectivity index (χ4n) is 2.71. The number of rotatable bonds is 5. The van der Waals surface area contributed by atoms with E-state index in [-0.39, 0.29) is 23.4 Å². The van der Waals surface area contributed by atoms with Crippen molar-refractivity contribution < 1.29 is 13.2 Å². The molecular weight excluding hydrogens is 324 g/mol. The van der Waals surface area contributed by atoms with Gasteiger partial charge >= 0.3 is 0 Å². The van der Waals surface area contributed by atoms with Crippen LogP contribution in [0.3, 0.4) is 0 Å². The maximum Gasteiger partial charge on any atom is 0.241 e. The predicted molar refractivity (Wildman–Crippen MR) is 86.3 cm³/mol. The SMILES string of the molecule is CCC1CCCCN1C(=O)CNS(=O)(=O)c1ccc(Cl)cc1. The fourth-order valence-corrected chi connectivity index (χ4v) is 3.81. The predicted octanol–water partition coefficient (Wildman–Crippen LogP) is 2.41. The van der Waals surface area contributed by atoms with E-state index in [0.717, 1.165) is 25.7 Å². The zero-order chi connectivity index (χ0) is 16.2. The van der Waals surface area contributed by atoms with E-state index in [4.69, 9.17) is 11.6 Å². The number of benzene rings is 1. The third-order valence-electron chi connectivity index (χ3n) is 3.96. The smallest absolute Gasteiger partial charge is 0.241 e. The molecule has 0 aliphatic carbocycles. The minimum atomic E-state index is -3.69. The van der Waals surface area contributed by atoms with Gasteiger partial charge in [-0.2, -0.15) is 0 Å². The highest BCUT2D eigenvalue weighted by Gasteiger charge is 2.26. The number of amides is 1.